The molecule has 0 unspecified atom stereocenters. The van der Waals surface area contributed by atoms with Crippen LogP contribution in [0.5, 0.6) is 0 Å². The molecular weight excluding hydrogens is 273 g/mol. The Labute approximate surface area is 122 Å². The molecule has 112 valence electrons. The number of halogens is 1. The minimum Gasteiger partial charge on any atom is -0.372 e. The Morgan fingerprint density at radius 3 is 2.95 bits per heavy atom. The number of amides is 1. The SMILES string of the molecule is CCOCC(=O)N[C@H](C)c1cnn(-c2ccccc2F)c1. The predicted octanol–water partition coefficient (Wildman–Crippen LogP) is 2.23. The summed E-state index contributed by atoms with van der Waals surface area (Å²) in [6, 6.07) is 6.17. The highest BCUT2D eigenvalue weighted by molar-refractivity contribution is 5.77. The molecule has 0 saturated heterocycles. The molecule has 21 heavy (non-hydrogen) atoms. The van der Waals surface area contributed by atoms with Crippen molar-refractivity contribution >= 4 is 5.91 Å². The number of nitrogens with zero attached hydrogens (tertiary/aromatic N) is 2. The first-order valence-electron chi connectivity index (χ1n) is 6.78. The van der Waals surface area contributed by atoms with Crippen LogP contribution in [-0.4, -0.2) is 28.9 Å². The summed E-state index contributed by atoms with van der Waals surface area (Å²) in [5.74, 6) is -0.539. The summed E-state index contributed by atoms with van der Waals surface area (Å²) in [5, 5.41) is 6.93. The van der Waals surface area contributed by atoms with Crippen molar-refractivity contribution in [1.29, 1.82) is 0 Å². The summed E-state index contributed by atoms with van der Waals surface area (Å²) in [7, 11) is 0. The van der Waals surface area contributed by atoms with Gasteiger partial charge in [-0.3, -0.25) is 4.79 Å². The first kappa shape index (κ1) is 15.2. The van der Waals surface area contributed by atoms with Gasteiger partial charge in [-0.15, -0.1) is 0 Å². The van der Waals surface area contributed by atoms with Gasteiger partial charge in [-0.2, -0.15) is 5.10 Å². The van der Waals surface area contributed by atoms with Crippen molar-refractivity contribution in [2.75, 3.05) is 13.2 Å². The topological polar surface area (TPSA) is 56.1 Å². The molecule has 0 aliphatic rings. The third kappa shape index (κ3) is 3.88. The van der Waals surface area contributed by atoms with Crippen LogP contribution in [0, 0.1) is 5.82 Å². The van der Waals surface area contributed by atoms with Gasteiger partial charge in [0.1, 0.15) is 18.1 Å². The molecule has 2 aromatic rings. The molecular formula is C15H18FN3O2. The minimum absolute atomic E-state index is 0.0301. The van der Waals surface area contributed by atoms with Crippen molar-refractivity contribution in [3.8, 4) is 5.69 Å². The summed E-state index contributed by atoms with van der Waals surface area (Å²) in [6.45, 7) is 4.19. The lowest BCUT2D eigenvalue weighted by Crippen LogP contribution is -2.30. The lowest BCUT2D eigenvalue weighted by molar-refractivity contribution is -0.126. The second-order valence-corrected chi connectivity index (χ2v) is 4.60. The van der Waals surface area contributed by atoms with E-state index in [1.807, 2.05) is 13.8 Å². The molecule has 0 fully saturated rings. The number of aromatic nitrogens is 2. The van der Waals surface area contributed by atoms with Crippen LogP contribution in [0.25, 0.3) is 5.69 Å². The molecule has 1 atom stereocenters. The molecule has 0 bridgehead atoms. The molecule has 0 radical (unpaired) electrons. The Balaban J connectivity index is 2.06. The number of carbonyl (C=O) groups excluding carboxylic acids is 1. The highest BCUT2D eigenvalue weighted by Crippen LogP contribution is 2.16. The van der Waals surface area contributed by atoms with Crippen LogP contribution >= 0.6 is 0 Å². The number of carbonyl (C=O) groups is 1. The van der Waals surface area contributed by atoms with E-state index in [2.05, 4.69) is 10.4 Å². The number of hydrogen-bond acceptors (Lipinski definition) is 3. The molecule has 5 nitrogen and oxygen atoms in total. The van der Waals surface area contributed by atoms with Gasteiger partial charge in [-0.1, -0.05) is 12.1 Å². The van der Waals surface area contributed by atoms with Gasteiger partial charge in [0.15, 0.2) is 0 Å². The minimum atomic E-state index is -0.347. The fourth-order valence-corrected chi connectivity index (χ4v) is 1.89. The van der Waals surface area contributed by atoms with Crippen LogP contribution in [0.4, 0.5) is 4.39 Å². The highest BCUT2D eigenvalue weighted by atomic mass is 19.1. The molecule has 0 aliphatic heterocycles. The fraction of sp³-hybridized carbons (Fsp3) is 0.333. The molecule has 1 heterocycles. The fourth-order valence-electron chi connectivity index (χ4n) is 1.89. The Hall–Kier alpha value is -2.21. The van der Waals surface area contributed by atoms with Gasteiger partial charge >= 0.3 is 0 Å². The predicted molar refractivity (Wildman–Crippen MR) is 76.6 cm³/mol. The second-order valence-electron chi connectivity index (χ2n) is 4.60. The van der Waals surface area contributed by atoms with Gasteiger partial charge in [-0.25, -0.2) is 9.07 Å². The quantitative estimate of drug-likeness (QED) is 0.888. The van der Waals surface area contributed by atoms with Crippen LogP contribution in [0.3, 0.4) is 0 Å². The van der Waals surface area contributed by atoms with E-state index in [0.29, 0.717) is 12.3 Å². The van der Waals surface area contributed by atoms with Crippen LogP contribution in [-0.2, 0) is 9.53 Å². The lowest BCUT2D eigenvalue weighted by atomic mass is 10.2. The van der Waals surface area contributed by atoms with Crippen molar-refractivity contribution in [3.63, 3.8) is 0 Å². The van der Waals surface area contributed by atoms with Gasteiger partial charge in [0.25, 0.3) is 0 Å². The lowest BCUT2D eigenvalue weighted by Gasteiger charge is -2.11. The van der Waals surface area contributed by atoms with Crippen LogP contribution < -0.4 is 5.32 Å². The highest BCUT2D eigenvalue weighted by Gasteiger charge is 2.13. The summed E-state index contributed by atoms with van der Waals surface area (Å²) in [6.07, 6.45) is 3.31. The van der Waals surface area contributed by atoms with E-state index >= 15 is 0 Å². The van der Waals surface area contributed by atoms with Gasteiger partial charge in [-0.05, 0) is 26.0 Å². The van der Waals surface area contributed by atoms with Crippen LogP contribution in [0.15, 0.2) is 36.7 Å². The number of benzene rings is 1. The molecule has 1 N–H and O–H groups in total. The number of rotatable bonds is 6. The maximum absolute atomic E-state index is 13.7. The first-order valence-corrected chi connectivity index (χ1v) is 6.78. The molecule has 6 heteroatoms. The van der Waals surface area contributed by atoms with Gasteiger partial charge in [0.2, 0.25) is 5.91 Å². The van der Waals surface area contributed by atoms with Crippen LogP contribution in [0.1, 0.15) is 25.5 Å². The largest absolute Gasteiger partial charge is 0.372 e. The van der Waals surface area contributed by atoms with Gasteiger partial charge in [0, 0.05) is 18.4 Å². The average Bonchev–Trinajstić information content (AvgIpc) is 2.95. The zero-order valence-electron chi connectivity index (χ0n) is 12.0. The second kappa shape index (κ2) is 6.99. The Bertz CT molecular complexity index is 612. The third-order valence-corrected chi connectivity index (χ3v) is 3.02. The maximum Gasteiger partial charge on any atom is 0.246 e. The molecule has 0 spiro atoms. The van der Waals surface area contributed by atoms with E-state index < -0.39 is 0 Å². The van der Waals surface area contributed by atoms with E-state index in [0.717, 1.165) is 5.56 Å². The molecule has 1 aromatic carbocycles. The number of ether oxygens (including phenoxy) is 1. The van der Waals surface area contributed by atoms with Crippen LogP contribution in [0.2, 0.25) is 0 Å². The Morgan fingerprint density at radius 2 is 2.24 bits per heavy atom. The molecule has 1 aromatic heterocycles. The van der Waals surface area contributed by atoms with E-state index in [1.54, 1.807) is 30.6 Å². The molecule has 1 amide bonds. The zero-order valence-corrected chi connectivity index (χ0v) is 12.0. The standard InChI is InChI=1S/C15H18FN3O2/c1-3-21-10-15(20)18-11(2)12-8-17-19(9-12)14-7-5-4-6-13(14)16/h4-9,11H,3,10H2,1-2H3,(H,18,20)/t11-/m1/s1. The van der Waals surface area contributed by atoms with E-state index in [4.69, 9.17) is 4.74 Å². The molecule has 0 aliphatic carbocycles. The van der Waals surface area contributed by atoms with Crippen molar-refractivity contribution in [3.05, 3.63) is 48.0 Å². The van der Waals surface area contributed by atoms with Crippen molar-refractivity contribution in [2.45, 2.75) is 19.9 Å². The summed E-state index contributed by atoms with van der Waals surface area (Å²) < 4.78 is 20.2. The van der Waals surface area contributed by atoms with E-state index in [-0.39, 0.29) is 24.4 Å². The van der Waals surface area contributed by atoms with Crippen molar-refractivity contribution in [2.24, 2.45) is 0 Å². The molecule has 0 saturated carbocycles. The number of hydrogen-bond donors (Lipinski definition) is 1. The average molecular weight is 291 g/mol. The summed E-state index contributed by atoms with van der Waals surface area (Å²) in [4.78, 5) is 11.6. The van der Waals surface area contributed by atoms with Gasteiger partial charge in [0.05, 0.1) is 12.2 Å². The van der Waals surface area contributed by atoms with Gasteiger partial charge < -0.3 is 10.1 Å². The first-order chi connectivity index (χ1) is 10.1. The monoisotopic (exact) mass is 291 g/mol. The number of nitrogens with one attached hydrogen (secondary N) is 1. The summed E-state index contributed by atoms with van der Waals surface area (Å²) in [5.41, 5.74) is 1.17. The van der Waals surface area contributed by atoms with E-state index in [9.17, 15) is 9.18 Å². The third-order valence-electron chi connectivity index (χ3n) is 3.02. The Kier molecular flexibility index (Phi) is 5.05. The summed E-state index contributed by atoms with van der Waals surface area (Å²) >= 11 is 0. The maximum atomic E-state index is 13.7. The zero-order chi connectivity index (χ0) is 15.2. The van der Waals surface area contributed by atoms with Crippen molar-refractivity contribution in [1.82, 2.24) is 15.1 Å². The smallest absolute Gasteiger partial charge is 0.246 e. The number of para-hydroxylation sites is 1. The van der Waals surface area contributed by atoms with Crippen molar-refractivity contribution < 1.29 is 13.9 Å². The van der Waals surface area contributed by atoms with E-state index in [1.165, 1.54) is 10.7 Å². The Morgan fingerprint density at radius 1 is 1.48 bits per heavy atom. The molecule has 2 rings (SSSR count). The normalized spacial score (nSPS) is 12.1.